The van der Waals surface area contributed by atoms with Crippen LogP contribution in [0.25, 0.3) is 0 Å². The Kier molecular flexibility index (Phi) is 6.22. The van der Waals surface area contributed by atoms with Crippen molar-refractivity contribution in [2.75, 3.05) is 33.2 Å². The van der Waals surface area contributed by atoms with Crippen LogP contribution in [0.3, 0.4) is 0 Å². The van der Waals surface area contributed by atoms with E-state index in [9.17, 15) is 0 Å². The zero-order valence-electron chi connectivity index (χ0n) is 13.8. The average Bonchev–Trinajstić information content (AvgIpc) is 2.56. The molecule has 1 fully saturated rings. The normalized spacial score (nSPS) is 20.6. The van der Waals surface area contributed by atoms with E-state index in [4.69, 9.17) is 5.73 Å². The van der Waals surface area contributed by atoms with Crippen molar-refractivity contribution >= 4 is 0 Å². The number of benzene rings is 1. The number of likely N-dealkylation sites (tertiary alicyclic amines) is 1. The molecule has 0 radical (unpaired) electrons. The quantitative estimate of drug-likeness (QED) is 0.873. The smallest absolute Gasteiger partial charge is 0.0284 e. The van der Waals surface area contributed by atoms with Crippen LogP contribution in [0.15, 0.2) is 30.3 Å². The Hall–Kier alpha value is -0.900. The summed E-state index contributed by atoms with van der Waals surface area (Å²) in [6, 6.07) is 11.9. The fourth-order valence-corrected chi connectivity index (χ4v) is 3.62. The molecule has 1 heterocycles. The lowest BCUT2D eigenvalue weighted by Crippen LogP contribution is -2.51. The maximum Gasteiger partial charge on any atom is 0.0284 e. The molecule has 1 saturated heterocycles. The summed E-state index contributed by atoms with van der Waals surface area (Å²) in [6.45, 7) is 8.91. The monoisotopic (exact) mass is 289 g/mol. The summed E-state index contributed by atoms with van der Waals surface area (Å²) in [5, 5.41) is 0. The molecule has 1 aromatic carbocycles. The lowest BCUT2D eigenvalue weighted by molar-refractivity contribution is 0.0920. The molecule has 3 heteroatoms. The van der Waals surface area contributed by atoms with Gasteiger partial charge < -0.3 is 10.6 Å². The molecule has 0 aromatic heterocycles. The van der Waals surface area contributed by atoms with Gasteiger partial charge >= 0.3 is 0 Å². The molecule has 1 aliphatic rings. The molecule has 1 aromatic rings. The third kappa shape index (κ3) is 4.06. The molecule has 0 amide bonds. The number of nitrogens with two attached hydrogens (primary N) is 1. The van der Waals surface area contributed by atoms with Gasteiger partial charge in [-0.25, -0.2) is 0 Å². The molecule has 2 unspecified atom stereocenters. The van der Waals surface area contributed by atoms with E-state index in [1.54, 1.807) is 0 Å². The summed E-state index contributed by atoms with van der Waals surface area (Å²) in [7, 11) is 2.27. The lowest BCUT2D eigenvalue weighted by Gasteiger charge is -2.42. The van der Waals surface area contributed by atoms with Crippen LogP contribution in [0.4, 0.5) is 0 Å². The fraction of sp³-hybridized carbons (Fsp3) is 0.667. The molecule has 118 valence electrons. The summed E-state index contributed by atoms with van der Waals surface area (Å²) in [5.41, 5.74) is 7.51. The first-order chi connectivity index (χ1) is 10.2. The van der Waals surface area contributed by atoms with Crippen LogP contribution in [0.1, 0.15) is 38.2 Å². The number of hydrogen-bond donors (Lipinski definition) is 1. The molecular weight excluding hydrogens is 258 g/mol. The van der Waals surface area contributed by atoms with Crippen LogP contribution in [-0.4, -0.2) is 55.1 Å². The van der Waals surface area contributed by atoms with Gasteiger partial charge in [0.1, 0.15) is 0 Å². The zero-order valence-corrected chi connectivity index (χ0v) is 13.8. The van der Waals surface area contributed by atoms with Crippen molar-refractivity contribution in [3.05, 3.63) is 35.9 Å². The maximum absolute atomic E-state index is 6.12. The molecule has 21 heavy (non-hydrogen) atoms. The molecule has 0 bridgehead atoms. The SMILES string of the molecule is CCN1CCC(N(C)C(CN)C(C)c2ccccc2)CC1. The lowest BCUT2D eigenvalue weighted by atomic mass is 9.90. The second-order valence-corrected chi connectivity index (χ2v) is 6.33. The first-order valence-corrected chi connectivity index (χ1v) is 8.36. The molecule has 2 rings (SSSR count). The highest BCUT2D eigenvalue weighted by atomic mass is 15.2. The first kappa shape index (κ1) is 16.5. The van der Waals surface area contributed by atoms with Crippen molar-refractivity contribution < 1.29 is 0 Å². The van der Waals surface area contributed by atoms with E-state index < -0.39 is 0 Å². The Morgan fingerprint density at radius 3 is 2.38 bits per heavy atom. The summed E-state index contributed by atoms with van der Waals surface area (Å²) < 4.78 is 0. The van der Waals surface area contributed by atoms with Gasteiger partial charge in [-0.1, -0.05) is 44.2 Å². The minimum atomic E-state index is 0.422. The predicted octanol–water partition coefficient (Wildman–Crippen LogP) is 2.53. The van der Waals surface area contributed by atoms with Crippen molar-refractivity contribution in [2.45, 2.75) is 44.7 Å². The number of likely N-dealkylation sites (N-methyl/N-ethyl adjacent to an activating group) is 1. The summed E-state index contributed by atoms with van der Waals surface area (Å²) in [4.78, 5) is 5.09. The topological polar surface area (TPSA) is 32.5 Å². The molecule has 0 aliphatic carbocycles. The van der Waals surface area contributed by atoms with Gasteiger partial charge in [0.05, 0.1) is 0 Å². The number of nitrogens with zero attached hydrogens (tertiary/aromatic N) is 2. The van der Waals surface area contributed by atoms with Crippen molar-refractivity contribution in [1.29, 1.82) is 0 Å². The average molecular weight is 289 g/mol. The van der Waals surface area contributed by atoms with E-state index in [1.165, 1.54) is 38.0 Å². The van der Waals surface area contributed by atoms with E-state index in [2.05, 4.69) is 61.0 Å². The van der Waals surface area contributed by atoms with Crippen molar-refractivity contribution in [3.8, 4) is 0 Å². The summed E-state index contributed by atoms with van der Waals surface area (Å²) in [6.07, 6.45) is 2.53. The van der Waals surface area contributed by atoms with Gasteiger partial charge in [0.25, 0.3) is 0 Å². The van der Waals surface area contributed by atoms with Gasteiger partial charge in [-0.15, -0.1) is 0 Å². The zero-order chi connectivity index (χ0) is 15.2. The molecule has 2 atom stereocenters. The fourth-order valence-electron chi connectivity index (χ4n) is 3.62. The van der Waals surface area contributed by atoms with Gasteiger partial charge in [0, 0.05) is 18.6 Å². The number of hydrogen-bond acceptors (Lipinski definition) is 3. The Balaban J connectivity index is 2.00. The van der Waals surface area contributed by atoms with Crippen LogP contribution < -0.4 is 5.73 Å². The third-order valence-corrected chi connectivity index (χ3v) is 5.25. The highest BCUT2D eigenvalue weighted by Crippen LogP contribution is 2.26. The Bertz CT molecular complexity index is 398. The standard InChI is InChI=1S/C18H31N3/c1-4-21-12-10-17(11-13-21)20(3)18(14-19)15(2)16-8-6-5-7-9-16/h5-9,15,17-18H,4,10-14,19H2,1-3H3. The summed E-state index contributed by atoms with van der Waals surface area (Å²) in [5.74, 6) is 0.477. The molecule has 0 saturated carbocycles. The van der Waals surface area contributed by atoms with Crippen LogP contribution >= 0.6 is 0 Å². The Morgan fingerprint density at radius 1 is 1.24 bits per heavy atom. The Labute approximate surface area is 130 Å². The van der Waals surface area contributed by atoms with Gasteiger partial charge in [-0.2, -0.15) is 0 Å². The summed E-state index contributed by atoms with van der Waals surface area (Å²) >= 11 is 0. The minimum Gasteiger partial charge on any atom is -0.329 e. The molecule has 1 aliphatic heterocycles. The van der Waals surface area contributed by atoms with Crippen molar-refractivity contribution in [3.63, 3.8) is 0 Å². The van der Waals surface area contributed by atoms with Crippen LogP contribution in [0.2, 0.25) is 0 Å². The highest BCUT2D eigenvalue weighted by molar-refractivity contribution is 5.20. The minimum absolute atomic E-state index is 0.422. The largest absolute Gasteiger partial charge is 0.329 e. The van der Waals surface area contributed by atoms with Crippen LogP contribution in [-0.2, 0) is 0 Å². The second-order valence-electron chi connectivity index (χ2n) is 6.33. The van der Waals surface area contributed by atoms with Crippen molar-refractivity contribution in [1.82, 2.24) is 9.80 Å². The van der Waals surface area contributed by atoms with Crippen molar-refractivity contribution in [2.24, 2.45) is 5.73 Å². The molecule has 3 nitrogen and oxygen atoms in total. The maximum atomic E-state index is 6.12. The highest BCUT2D eigenvalue weighted by Gasteiger charge is 2.29. The van der Waals surface area contributed by atoms with Gasteiger partial charge in [-0.3, -0.25) is 4.90 Å². The van der Waals surface area contributed by atoms with Crippen LogP contribution in [0, 0.1) is 0 Å². The van der Waals surface area contributed by atoms with Gasteiger partial charge in [0.2, 0.25) is 0 Å². The number of rotatable bonds is 6. The van der Waals surface area contributed by atoms with E-state index in [0.29, 0.717) is 18.0 Å². The third-order valence-electron chi connectivity index (χ3n) is 5.25. The van der Waals surface area contributed by atoms with Crippen LogP contribution in [0.5, 0.6) is 0 Å². The van der Waals surface area contributed by atoms with E-state index in [1.807, 2.05) is 0 Å². The Morgan fingerprint density at radius 2 is 1.86 bits per heavy atom. The van der Waals surface area contributed by atoms with E-state index in [-0.39, 0.29) is 0 Å². The predicted molar refractivity (Wildman–Crippen MR) is 90.6 cm³/mol. The van der Waals surface area contributed by atoms with Gasteiger partial charge in [-0.05, 0) is 51.0 Å². The molecule has 0 spiro atoms. The molecule has 2 N–H and O–H groups in total. The molecular formula is C18H31N3. The number of piperidine rings is 1. The van der Waals surface area contributed by atoms with E-state index in [0.717, 1.165) is 6.54 Å². The second kappa shape index (κ2) is 7.92. The van der Waals surface area contributed by atoms with E-state index >= 15 is 0 Å². The first-order valence-electron chi connectivity index (χ1n) is 8.36. The van der Waals surface area contributed by atoms with Gasteiger partial charge in [0.15, 0.2) is 0 Å².